The van der Waals surface area contributed by atoms with Crippen molar-refractivity contribution in [2.75, 3.05) is 19.7 Å². The zero-order valence-electron chi connectivity index (χ0n) is 15.5. The maximum Gasteiger partial charge on any atom is 0.314 e. The molecular formula is C20H27ClN4O2. The number of fused-ring (bicyclic) bond motifs is 1. The molecule has 3 rings (SSSR count). The van der Waals surface area contributed by atoms with Gasteiger partial charge in [-0.3, -0.25) is 0 Å². The molecular weight excluding hydrogens is 364 g/mol. The standard InChI is InChI=1S/C20H27ClN4O2/c21-16-6-8-18(9-7-16)27-14-4-2-11-22-20(26)23-12-10-17-15-25-13-3-1-5-19(25)24-17/h6-9,15H,1-5,10-14H2,(H2,22,23,26). The summed E-state index contributed by atoms with van der Waals surface area (Å²) in [5.74, 6) is 1.99. The number of hydrogen-bond acceptors (Lipinski definition) is 3. The van der Waals surface area contributed by atoms with Crippen molar-refractivity contribution in [3.63, 3.8) is 0 Å². The average molecular weight is 391 g/mol. The third-order valence-electron chi connectivity index (χ3n) is 4.56. The van der Waals surface area contributed by atoms with Crippen LogP contribution in [0.25, 0.3) is 0 Å². The van der Waals surface area contributed by atoms with Gasteiger partial charge in [0, 0.05) is 43.7 Å². The minimum Gasteiger partial charge on any atom is -0.494 e. The molecule has 7 heteroatoms. The number of rotatable bonds is 9. The van der Waals surface area contributed by atoms with Crippen molar-refractivity contribution in [2.45, 2.75) is 45.1 Å². The fraction of sp³-hybridized carbons (Fsp3) is 0.500. The Labute approximate surface area is 165 Å². The maximum atomic E-state index is 11.8. The van der Waals surface area contributed by atoms with E-state index in [1.54, 1.807) is 0 Å². The summed E-state index contributed by atoms with van der Waals surface area (Å²) in [4.78, 5) is 16.5. The van der Waals surface area contributed by atoms with E-state index in [2.05, 4.69) is 26.4 Å². The summed E-state index contributed by atoms with van der Waals surface area (Å²) in [6.45, 7) is 2.92. The van der Waals surface area contributed by atoms with Gasteiger partial charge in [-0.1, -0.05) is 11.6 Å². The van der Waals surface area contributed by atoms with Crippen LogP contribution in [-0.2, 0) is 19.4 Å². The molecule has 0 saturated carbocycles. The topological polar surface area (TPSA) is 68.2 Å². The number of unbranched alkanes of at least 4 members (excludes halogenated alkanes) is 1. The van der Waals surface area contributed by atoms with Crippen molar-refractivity contribution < 1.29 is 9.53 Å². The Morgan fingerprint density at radius 3 is 2.78 bits per heavy atom. The van der Waals surface area contributed by atoms with E-state index in [0.29, 0.717) is 24.7 Å². The lowest BCUT2D eigenvalue weighted by molar-refractivity contribution is 0.240. The summed E-state index contributed by atoms with van der Waals surface area (Å²) in [6, 6.07) is 7.19. The van der Waals surface area contributed by atoms with Gasteiger partial charge in [-0.05, 0) is 49.9 Å². The van der Waals surface area contributed by atoms with Crippen molar-refractivity contribution in [2.24, 2.45) is 0 Å². The molecule has 1 aliphatic heterocycles. The van der Waals surface area contributed by atoms with Crippen LogP contribution in [-0.4, -0.2) is 35.3 Å². The number of carbonyl (C=O) groups is 1. The normalized spacial score (nSPS) is 13.1. The molecule has 2 heterocycles. The molecule has 0 unspecified atom stereocenters. The molecule has 1 aromatic heterocycles. The number of nitrogens with one attached hydrogen (secondary N) is 2. The molecule has 27 heavy (non-hydrogen) atoms. The molecule has 0 bridgehead atoms. The zero-order valence-corrected chi connectivity index (χ0v) is 16.3. The molecule has 0 radical (unpaired) electrons. The van der Waals surface area contributed by atoms with Crippen molar-refractivity contribution in [3.05, 3.63) is 47.0 Å². The van der Waals surface area contributed by atoms with E-state index in [4.69, 9.17) is 16.3 Å². The highest BCUT2D eigenvalue weighted by Gasteiger charge is 2.12. The first-order valence-electron chi connectivity index (χ1n) is 9.66. The van der Waals surface area contributed by atoms with Crippen LogP contribution in [0.1, 0.15) is 37.2 Å². The molecule has 0 atom stereocenters. The van der Waals surface area contributed by atoms with Gasteiger partial charge in [-0.25, -0.2) is 9.78 Å². The average Bonchev–Trinajstić information content (AvgIpc) is 3.09. The van der Waals surface area contributed by atoms with Crippen molar-refractivity contribution in [3.8, 4) is 5.75 Å². The zero-order chi connectivity index (χ0) is 18.9. The van der Waals surface area contributed by atoms with Crippen molar-refractivity contribution >= 4 is 17.6 Å². The number of urea groups is 1. The second kappa shape index (κ2) is 10.2. The number of imidazole rings is 1. The number of hydrogen-bond donors (Lipinski definition) is 2. The van der Waals surface area contributed by atoms with E-state index < -0.39 is 0 Å². The van der Waals surface area contributed by atoms with Crippen LogP contribution < -0.4 is 15.4 Å². The van der Waals surface area contributed by atoms with Crippen LogP contribution in [0, 0.1) is 0 Å². The number of carbonyl (C=O) groups excluding carboxylic acids is 1. The predicted molar refractivity (Wildman–Crippen MR) is 106 cm³/mol. The minimum atomic E-state index is -0.127. The quantitative estimate of drug-likeness (QED) is 0.643. The third-order valence-corrected chi connectivity index (χ3v) is 4.82. The van der Waals surface area contributed by atoms with Crippen molar-refractivity contribution in [1.82, 2.24) is 20.2 Å². The number of amides is 2. The van der Waals surface area contributed by atoms with Crippen LogP contribution >= 0.6 is 11.6 Å². The van der Waals surface area contributed by atoms with Gasteiger partial charge in [0.1, 0.15) is 11.6 Å². The number of halogens is 1. The Kier molecular flexibility index (Phi) is 7.39. The highest BCUT2D eigenvalue weighted by Crippen LogP contribution is 2.16. The number of benzene rings is 1. The molecule has 1 aliphatic rings. The summed E-state index contributed by atoms with van der Waals surface area (Å²) in [6.07, 6.45) is 8.15. The molecule has 0 saturated heterocycles. The van der Waals surface area contributed by atoms with Crippen molar-refractivity contribution in [1.29, 1.82) is 0 Å². The van der Waals surface area contributed by atoms with Gasteiger partial charge in [0.15, 0.2) is 0 Å². The Morgan fingerprint density at radius 1 is 1.15 bits per heavy atom. The van der Waals surface area contributed by atoms with Gasteiger partial charge < -0.3 is 19.9 Å². The van der Waals surface area contributed by atoms with Crippen LogP contribution in [0.5, 0.6) is 5.75 Å². The van der Waals surface area contributed by atoms with Gasteiger partial charge in [0.25, 0.3) is 0 Å². The predicted octanol–water partition coefficient (Wildman–Crippen LogP) is 3.57. The van der Waals surface area contributed by atoms with Crippen LogP contribution in [0.3, 0.4) is 0 Å². The Balaban J connectivity index is 1.21. The lowest BCUT2D eigenvalue weighted by Crippen LogP contribution is -2.37. The maximum absolute atomic E-state index is 11.8. The first kappa shape index (κ1) is 19.5. The molecule has 0 spiro atoms. The number of nitrogens with zero attached hydrogens (tertiary/aromatic N) is 2. The van der Waals surface area contributed by atoms with E-state index in [0.717, 1.165) is 43.7 Å². The molecule has 2 N–H and O–H groups in total. The fourth-order valence-corrected chi connectivity index (χ4v) is 3.23. The van der Waals surface area contributed by atoms with Gasteiger partial charge >= 0.3 is 6.03 Å². The van der Waals surface area contributed by atoms with E-state index >= 15 is 0 Å². The molecule has 2 amide bonds. The monoisotopic (exact) mass is 390 g/mol. The lowest BCUT2D eigenvalue weighted by Gasteiger charge is -2.11. The van der Waals surface area contributed by atoms with E-state index in [9.17, 15) is 4.79 Å². The number of aryl methyl sites for hydroxylation is 2. The van der Waals surface area contributed by atoms with E-state index in [1.807, 2.05) is 24.3 Å². The van der Waals surface area contributed by atoms with Crippen LogP contribution in [0.4, 0.5) is 4.79 Å². The second-order valence-corrected chi connectivity index (χ2v) is 7.18. The Morgan fingerprint density at radius 2 is 1.96 bits per heavy atom. The summed E-state index contributed by atoms with van der Waals surface area (Å²) < 4.78 is 7.86. The molecule has 1 aromatic carbocycles. The van der Waals surface area contributed by atoms with Crippen LogP contribution in [0.15, 0.2) is 30.5 Å². The van der Waals surface area contributed by atoms with E-state index in [-0.39, 0.29) is 6.03 Å². The first-order chi connectivity index (χ1) is 13.2. The number of aromatic nitrogens is 2. The summed E-state index contributed by atoms with van der Waals surface area (Å²) in [5, 5.41) is 6.46. The SMILES string of the molecule is O=C(NCCCCOc1ccc(Cl)cc1)NCCc1cn2c(n1)CCCC2. The third kappa shape index (κ3) is 6.47. The second-order valence-electron chi connectivity index (χ2n) is 6.74. The number of ether oxygens (including phenoxy) is 1. The highest BCUT2D eigenvalue weighted by molar-refractivity contribution is 6.30. The largest absolute Gasteiger partial charge is 0.494 e. The molecule has 0 fully saturated rings. The lowest BCUT2D eigenvalue weighted by atomic mass is 10.2. The molecule has 6 nitrogen and oxygen atoms in total. The summed E-state index contributed by atoms with van der Waals surface area (Å²) in [7, 11) is 0. The van der Waals surface area contributed by atoms with Gasteiger partial charge in [0.2, 0.25) is 0 Å². The molecule has 0 aliphatic carbocycles. The van der Waals surface area contributed by atoms with Gasteiger partial charge in [-0.15, -0.1) is 0 Å². The first-order valence-corrected chi connectivity index (χ1v) is 10.0. The minimum absolute atomic E-state index is 0.127. The summed E-state index contributed by atoms with van der Waals surface area (Å²) in [5.41, 5.74) is 1.06. The summed E-state index contributed by atoms with van der Waals surface area (Å²) >= 11 is 5.83. The Bertz CT molecular complexity index is 707. The molecule has 2 aromatic rings. The fourth-order valence-electron chi connectivity index (χ4n) is 3.11. The highest BCUT2D eigenvalue weighted by atomic mass is 35.5. The van der Waals surface area contributed by atoms with Crippen LogP contribution in [0.2, 0.25) is 5.02 Å². The van der Waals surface area contributed by atoms with E-state index in [1.165, 1.54) is 18.7 Å². The molecule has 146 valence electrons. The smallest absolute Gasteiger partial charge is 0.314 e. The van der Waals surface area contributed by atoms with Gasteiger partial charge in [0.05, 0.1) is 12.3 Å². The Hall–Kier alpha value is -2.21. The van der Waals surface area contributed by atoms with Gasteiger partial charge in [-0.2, -0.15) is 0 Å².